The Hall–Kier alpha value is -3.08. The molecule has 1 amide bonds. The zero-order valence-corrected chi connectivity index (χ0v) is 15.1. The number of ketones is 1. The number of rotatable bonds is 9. The van der Waals surface area contributed by atoms with Crippen LogP contribution in [0.4, 0.5) is 0 Å². The Morgan fingerprint density at radius 1 is 1.12 bits per heavy atom. The molecule has 26 heavy (non-hydrogen) atoms. The Balaban J connectivity index is 2.05. The van der Waals surface area contributed by atoms with Gasteiger partial charge in [-0.05, 0) is 30.7 Å². The second-order valence-electron chi connectivity index (χ2n) is 5.76. The summed E-state index contributed by atoms with van der Waals surface area (Å²) in [5.74, 6) is 0.616. The quantitative estimate of drug-likeness (QED) is 0.511. The molecule has 0 saturated carbocycles. The van der Waals surface area contributed by atoms with Gasteiger partial charge in [-0.2, -0.15) is 0 Å². The standard InChI is InChI=1S/C21H23NO4/c1-4-12-22(14-17-8-6-5-7-9-17)21(24)15-26-19-11-10-18(16(2)23)13-20(19)25-3/h4-11,13H,1,12,14-15H2,2-3H3. The van der Waals surface area contributed by atoms with Gasteiger partial charge in [0.05, 0.1) is 7.11 Å². The Kier molecular flexibility index (Phi) is 6.97. The van der Waals surface area contributed by atoms with Crippen LogP contribution in [-0.4, -0.2) is 36.9 Å². The van der Waals surface area contributed by atoms with Crippen LogP contribution in [0.2, 0.25) is 0 Å². The number of hydrogen-bond donors (Lipinski definition) is 0. The molecule has 0 saturated heterocycles. The van der Waals surface area contributed by atoms with Crippen molar-refractivity contribution in [2.24, 2.45) is 0 Å². The Morgan fingerprint density at radius 2 is 1.85 bits per heavy atom. The van der Waals surface area contributed by atoms with Crippen molar-refractivity contribution in [1.82, 2.24) is 4.90 Å². The number of methoxy groups -OCH3 is 1. The van der Waals surface area contributed by atoms with Crippen molar-refractivity contribution in [2.45, 2.75) is 13.5 Å². The SMILES string of the molecule is C=CCN(Cc1ccccc1)C(=O)COc1ccc(C(C)=O)cc1OC. The largest absolute Gasteiger partial charge is 0.493 e. The number of nitrogens with zero attached hydrogens (tertiary/aromatic N) is 1. The number of amides is 1. The van der Waals surface area contributed by atoms with Gasteiger partial charge in [0, 0.05) is 18.7 Å². The molecule has 2 rings (SSSR count). The third-order valence-electron chi connectivity index (χ3n) is 3.84. The second-order valence-corrected chi connectivity index (χ2v) is 5.76. The lowest BCUT2D eigenvalue weighted by Gasteiger charge is -2.21. The highest BCUT2D eigenvalue weighted by atomic mass is 16.5. The van der Waals surface area contributed by atoms with Gasteiger partial charge in [-0.15, -0.1) is 6.58 Å². The topological polar surface area (TPSA) is 55.8 Å². The molecule has 136 valence electrons. The molecule has 0 fully saturated rings. The lowest BCUT2D eigenvalue weighted by atomic mass is 10.1. The van der Waals surface area contributed by atoms with Gasteiger partial charge in [0.25, 0.3) is 5.91 Å². The Labute approximate surface area is 153 Å². The van der Waals surface area contributed by atoms with Crippen LogP contribution in [0.3, 0.4) is 0 Å². The van der Waals surface area contributed by atoms with Gasteiger partial charge in [0.15, 0.2) is 23.9 Å². The van der Waals surface area contributed by atoms with E-state index in [0.717, 1.165) is 5.56 Å². The summed E-state index contributed by atoms with van der Waals surface area (Å²) >= 11 is 0. The van der Waals surface area contributed by atoms with E-state index in [1.807, 2.05) is 30.3 Å². The second kappa shape index (κ2) is 9.42. The van der Waals surface area contributed by atoms with Crippen molar-refractivity contribution in [2.75, 3.05) is 20.3 Å². The lowest BCUT2D eigenvalue weighted by molar-refractivity contribution is -0.133. The van der Waals surface area contributed by atoms with Crippen LogP contribution in [0.5, 0.6) is 11.5 Å². The van der Waals surface area contributed by atoms with Crippen LogP contribution in [-0.2, 0) is 11.3 Å². The van der Waals surface area contributed by atoms with E-state index in [4.69, 9.17) is 9.47 Å². The van der Waals surface area contributed by atoms with Crippen LogP contribution in [0.25, 0.3) is 0 Å². The maximum Gasteiger partial charge on any atom is 0.261 e. The molecule has 0 aliphatic heterocycles. The molecule has 2 aromatic rings. The van der Waals surface area contributed by atoms with Gasteiger partial charge in [-0.1, -0.05) is 36.4 Å². The maximum absolute atomic E-state index is 12.5. The number of hydrogen-bond acceptors (Lipinski definition) is 4. The molecular weight excluding hydrogens is 330 g/mol. The minimum atomic E-state index is -0.161. The highest BCUT2D eigenvalue weighted by molar-refractivity contribution is 5.94. The summed E-state index contributed by atoms with van der Waals surface area (Å²) in [6.07, 6.45) is 1.68. The first kappa shape index (κ1) is 19.2. The summed E-state index contributed by atoms with van der Waals surface area (Å²) in [6.45, 7) is 5.97. The fourth-order valence-corrected chi connectivity index (χ4v) is 2.45. The van der Waals surface area contributed by atoms with E-state index in [2.05, 4.69) is 6.58 Å². The monoisotopic (exact) mass is 353 g/mol. The molecule has 0 aromatic heterocycles. The summed E-state index contributed by atoms with van der Waals surface area (Å²) in [4.78, 5) is 25.7. The highest BCUT2D eigenvalue weighted by Gasteiger charge is 2.15. The van der Waals surface area contributed by atoms with Crippen molar-refractivity contribution < 1.29 is 19.1 Å². The summed E-state index contributed by atoms with van der Waals surface area (Å²) in [5, 5.41) is 0. The van der Waals surface area contributed by atoms with Crippen molar-refractivity contribution in [3.05, 3.63) is 72.3 Å². The van der Waals surface area contributed by atoms with Gasteiger partial charge in [0.1, 0.15) is 0 Å². The van der Waals surface area contributed by atoms with Gasteiger partial charge in [0.2, 0.25) is 0 Å². The number of Topliss-reactive ketones (excluding diaryl/α,β-unsaturated/α-hetero) is 1. The molecule has 2 aromatic carbocycles. The molecule has 0 aliphatic rings. The van der Waals surface area contributed by atoms with E-state index in [0.29, 0.717) is 30.2 Å². The molecule has 0 bridgehead atoms. The van der Waals surface area contributed by atoms with Gasteiger partial charge in [-0.25, -0.2) is 0 Å². The Bertz CT molecular complexity index is 771. The molecule has 0 N–H and O–H groups in total. The molecule has 5 heteroatoms. The van der Waals surface area contributed by atoms with Crippen LogP contribution in [0.1, 0.15) is 22.8 Å². The third kappa shape index (κ3) is 5.21. The molecule has 0 aliphatic carbocycles. The van der Waals surface area contributed by atoms with Crippen LogP contribution in [0.15, 0.2) is 61.2 Å². The lowest BCUT2D eigenvalue weighted by Crippen LogP contribution is -2.34. The van der Waals surface area contributed by atoms with E-state index in [-0.39, 0.29) is 18.3 Å². The number of carbonyl (C=O) groups excluding carboxylic acids is 2. The first-order chi connectivity index (χ1) is 12.5. The molecule has 0 unspecified atom stereocenters. The van der Waals surface area contributed by atoms with Crippen LogP contribution >= 0.6 is 0 Å². The summed E-state index contributed by atoms with van der Waals surface area (Å²) < 4.78 is 10.9. The van der Waals surface area contributed by atoms with Gasteiger partial charge in [-0.3, -0.25) is 9.59 Å². The zero-order chi connectivity index (χ0) is 18.9. The average molecular weight is 353 g/mol. The normalized spacial score (nSPS) is 10.1. The fraction of sp³-hybridized carbons (Fsp3) is 0.238. The van der Waals surface area contributed by atoms with Gasteiger partial charge < -0.3 is 14.4 Å². The van der Waals surface area contributed by atoms with E-state index < -0.39 is 0 Å². The highest BCUT2D eigenvalue weighted by Crippen LogP contribution is 2.28. The number of ether oxygens (including phenoxy) is 2. The minimum Gasteiger partial charge on any atom is -0.493 e. The van der Waals surface area contributed by atoms with E-state index in [1.54, 1.807) is 29.2 Å². The van der Waals surface area contributed by atoms with Crippen LogP contribution < -0.4 is 9.47 Å². The first-order valence-corrected chi connectivity index (χ1v) is 8.29. The number of benzene rings is 2. The summed E-state index contributed by atoms with van der Waals surface area (Å²) in [5.41, 5.74) is 1.56. The molecule has 0 atom stereocenters. The van der Waals surface area contributed by atoms with Gasteiger partial charge >= 0.3 is 0 Å². The molecule has 0 radical (unpaired) electrons. The summed E-state index contributed by atoms with van der Waals surface area (Å²) in [6, 6.07) is 14.6. The molecule has 0 heterocycles. The Morgan fingerprint density at radius 3 is 2.46 bits per heavy atom. The summed E-state index contributed by atoms with van der Waals surface area (Å²) in [7, 11) is 1.49. The predicted molar refractivity (Wildman–Crippen MR) is 101 cm³/mol. The van der Waals surface area contributed by atoms with Crippen molar-refractivity contribution in [3.8, 4) is 11.5 Å². The van der Waals surface area contributed by atoms with Crippen molar-refractivity contribution >= 4 is 11.7 Å². The maximum atomic E-state index is 12.5. The smallest absolute Gasteiger partial charge is 0.261 e. The molecule has 5 nitrogen and oxygen atoms in total. The van der Waals surface area contributed by atoms with Crippen molar-refractivity contribution in [3.63, 3.8) is 0 Å². The minimum absolute atomic E-state index is 0.0639. The molecular formula is C21H23NO4. The van der Waals surface area contributed by atoms with Crippen molar-refractivity contribution in [1.29, 1.82) is 0 Å². The number of carbonyl (C=O) groups is 2. The third-order valence-corrected chi connectivity index (χ3v) is 3.84. The van der Waals surface area contributed by atoms with E-state index in [1.165, 1.54) is 14.0 Å². The predicted octanol–water partition coefficient (Wildman–Crippen LogP) is 3.49. The van der Waals surface area contributed by atoms with E-state index in [9.17, 15) is 9.59 Å². The molecule has 0 spiro atoms. The van der Waals surface area contributed by atoms with Crippen LogP contribution in [0, 0.1) is 0 Å². The zero-order valence-electron chi connectivity index (χ0n) is 15.1. The average Bonchev–Trinajstić information content (AvgIpc) is 2.66. The van der Waals surface area contributed by atoms with E-state index >= 15 is 0 Å². The fourth-order valence-electron chi connectivity index (χ4n) is 2.45. The first-order valence-electron chi connectivity index (χ1n) is 8.29.